The molecule has 0 radical (unpaired) electrons. The molecule has 5 atom stereocenters. The van der Waals surface area contributed by atoms with Crippen LogP contribution in [-0.2, 0) is 44.8 Å². The number of methoxy groups -OCH3 is 1. The summed E-state index contributed by atoms with van der Waals surface area (Å²) in [6.07, 6.45) is 0.492. The molecule has 14 heteroatoms. The summed E-state index contributed by atoms with van der Waals surface area (Å²) in [6, 6.07) is 4.69. The zero-order valence-corrected chi connectivity index (χ0v) is 29.1. The third-order valence-electron chi connectivity index (χ3n) is 7.92. The fourth-order valence-electron chi connectivity index (χ4n) is 5.20. The van der Waals surface area contributed by atoms with Gasteiger partial charge in [-0.15, -0.1) is 0 Å². The van der Waals surface area contributed by atoms with Crippen molar-refractivity contribution in [3.8, 4) is 0 Å². The van der Waals surface area contributed by atoms with E-state index in [-0.39, 0.29) is 31.9 Å². The van der Waals surface area contributed by atoms with Crippen LogP contribution in [0.5, 0.6) is 0 Å². The van der Waals surface area contributed by atoms with E-state index in [1.165, 1.54) is 18.9 Å². The van der Waals surface area contributed by atoms with E-state index in [4.69, 9.17) is 9.47 Å². The fourth-order valence-corrected chi connectivity index (χ4v) is 5.20. The molecular weight excluding hydrogens is 636 g/mol. The van der Waals surface area contributed by atoms with Gasteiger partial charge in [0, 0.05) is 13.0 Å². The molecule has 1 saturated heterocycles. The molecule has 1 aliphatic rings. The number of carbonyl (C=O) groups excluding carboxylic acids is 7. The lowest BCUT2D eigenvalue weighted by Crippen LogP contribution is -2.59. The first-order valence-corrected chi connectivity index (χ1v) is 16.5. The molecule has 4 N–H and O–H groups in total. The number of likely N-dealkylation sites (tertiary alicyclic amines) is 1. The van der Waals surface area contributed by atoms with Crippen LogP contribution in [0, 0.1) is 11.8 Å². The van der Waals surface area contributed by atoms with Gasteiger partial charge in [-0.3, -0.25) is 24.0 Å². The number of esters is 1. The zero-order valence-electron chi connectivity index (χ0n) is 29.1. The Hall–Kier alpha value is -4.59. The van der Waals surface area contributed by atoms with Crippen LogP contribution in [0.15, 0.2) is 42.5 Å². The Balaban J connectivity index is 2.21. The van der Waals surface area contributed by atoms with E-state index in [1.54, 1.807) is 44.2 Å². The Morgan fingerprint density at radius 2 is 1.61 bits per heavy atom. The van der Waals surface area contributed by atoms with Crippen molar-refractivity contribution in [3.05, 3.63) is 48.0 Å². The minimum atomic E-state index is -1.31. The Bertz CT molecular complexity index is 1340. The summed E-state index contributed by atoms with van der Waals surface area (Å²) in [6.45, 7) is 8.67. The maximum Gasteiger partial charge on any atom is 0.408 e. The number of ketones is 2. The molecule has 1 aliphatic heterocycles. The van der Waals surface area contributed by atoms with Crippen molar-refractivity contribution < 1.29 is 48.1 Å². The van der Waals surface area contributed by atoms with Crippen molar-refractivity contribution in [2.45, 2.75) is 104 Å². The maximum absolute atomic E-state index is 13.9. The molecule has 1 aromatic rings. The molecular formula is C35H50N4O10. The monoisotopic (exact) mass is 686 g/mol. The summed E-state index contributed by atoms with van der Waals surface area (Å²) in [7, 11) is 1.24. The number of allylic oxidation sites excluding steroid dienone is 1. The van der Waals surface area contributed by atoms with E-state index in [2.05, 4.69) is 16.0 Å². The van der Waals surface area contributed by atoms with Crippen molar-refractivity contribution in [2.24, 2.45) is 11.8 Å². The van der Waals surface area contributed by atoms with Gasteiger partial charge >= 0.3 is 12.1 Å². The molecule has 0 aromatic heterocycles. The molecule has 5 unspecified atom stereocenters. The summed E-state index contributed by atoms with van der Waals surface area (Å²) in [5.74, 6) is -3.92. The summed E-state index contributed by atoms with van der Waals surface area (Å²) in [5.41, 5.74) is 0.707. The Kier molecular flexibility index (Phi) is 16.6. The second kappa shape index (κ2) is 20.0. The van der Waals surface area contributed by atoms with Gasteiger partial charge in [-0.05, 0) is 62.2 Å². The number of benzene rings is 1. The SMILES string of the molecule is COC(=O)C(CC(C)C)NC(=O)C1CCCN1C(=O)C(NC(=O)C(CCC(=O)/C=C\C(=O)C(C)O)NC(=O)OCc1ccccc1)C(C)C. The number of aliphatic hydroxyl groups excluding tert-OH is 1. The lowest BCUT2D eigenvalue weighted by molar-refractivity contribution is -0.147. The highest BCUT2D eigenvalue weighted by molar-refractivity contribution is 6.00. The number of hydrogen-bond donors (Lipinski definition) is 4. The highest BCUT2D eigenvalue weighted by Crippen LogP contribution is 2.21. The van der Waals surface area contributed by atoms with Gasteiger partial charge in [0.05, 0.1) is 7.11 Å². The lowest BCUT2D eigenvalue weighted by atomic mass is 10.00. The Morgan fingerprint density at radius 3 is 2.20 bits per heavy atom. The maximum atomic E-state index is 13.9. The first-order chi connectivity index (χ1) is 23.1. The molecule has 1 aromatic carbocycles. The Morgan fingerprint density at radius 1 is 0.939 bits per heavy atom. The number of amides is 4. The smallest absolute Gasteiger partial charge is 0.408 e. The summed E-state index contributed by atoms with van der Waals surface area (Å²) in [4.78, 5) is 91.4. The van der Waals surface area contributed by atoms with Crippen LogP contribution in [0.25, 0.3) is 0 Å². The zero-order chi connectivity index (χ0) is 36.7. The van der Waals surface area contributed by atoms with Crippen LogP contribution in [-0.4, -0.2) is 95.3 Å². The van der Waals surface area contributed by atoms with E-state index >= 15 is 0 Å². The highest BCUT2D eigenvalue weighted by Gasteiger charge is 2.40. The summed E-state index contributed by atoms with van der Waals surface area (Å²) >= 11 is 0. The van der Waals surface area contributed by atoms with Crippen LogP contribution >= 0.6 is 0 Å². The van der Waals surface area contributed by atoms with Gasteiger partial charge < -0.3 is 35.4 Å². The van der Waals surface area contributed by atoms with Crippen molar-refractivity contribution >= 4 is 41.4 Å². The molecule has 0 bridgehead atoms. The van der Waals surface area contributed by atoms with Crippen LogP contribution in [0.2, 0.25) is 0 Å². The molecule has 0 aliphatic carbocycles. The van der Waals surface area contributed by atoms with Gasteiger partial charge in [0.2, 0.25) is 17.7 Å². The second-order valence-electron chi connectivity index (χ2n) is 12.8. The van der Waals surface area contributed by atoms with E-state index in [0.717, 1.165) is 12.2 Å². The molecule has 0 spiro atoms. The van der Waals surface area contributed by atoms with Crippen molar-refractivity contribution in [2.75, 3.05) is 13.7 Å². The minimum absolute atomic E-state index is 0.0797. The van der Waals surface area contributed by atoms with E-state index in [9.17, 15) is 38.7 Å². The van der Waals surface area contributed by atoms with Crippen LogP contribution in [0.3, 0.4) is 0 Å². The number of nitrogens with one attached hydrogen (secondary N) is 3. The third-order valence-corrected chi connectivity index (χ3v) is 7.92. The topological polar surface area (TPSA) is 198 Å². The predicted octanol–water partition coefficient (Wildman–Crippen LogP) is 1.97. The van der Waals surface area contributed by atoms with Crippen LogP contribution in [0.4, 0.5) is 4.79 Å². The predicted molar refractivity (Wildman–Crippen MR) is 179 cm³/mol. The molecule has 1 heterocycles. The standard InChI is InChI=1S/C35H50N4O10/c1-21(2)19-27(34(46)48-6)36-32(44)28-13-10-18-39(28)33(45)30(22(3)4)38-31(43)26(16-14-25(41)15-17-29(42)23(5)40)37-35(47)49-20-24-11-8-7-9-12-24/h7-9,11-12,15,17,21-23,26-28,30,40H,10,13-14,16,18-20H2,1-6H3,(H,36,44)(H,37,47)(H,38,43)/b17-15-. The van der Waals surface area contributed by atoms with Gasteiger partial charge in [-0.1, -0.05) is 58.0 Å². The quantitative estimate of drug-likeness (QED) is 0.131. The van der Waals surface area contributed by atoms with Crippen molar-refractivity contribution in [1.29, 1.82) is 0 Å². The second-order valence-corrected chi connectivity index (χ2v) is 12.8. The fraction of sp³-hybridized carbons (Fsp3) is 0.571. The number of nitrogens with zero attached hydrogens (tertiary/aromatic N) is 1. The number of aliphatic hydroxyl groups is 1. The first-order valence-electron chi connectivity index (χ1n) is 16.5. The number of ether oxygens (including phenoxy) is 2. The van der Waals surface area contributed by atoms with Gasteiger partial charge in [0.1, 0.15) is 36.9 Å². The number of hydrogen-bond acceptors (Lipinski definition) is 10. The van der Waals surface area contributed by atoms with Gasteiger partial charge in [-0.25, -0.2) is 9.59 Å². The number of rotatable bonds is 18. The first kappa shape index (κ1) is 40.6. The minimum Gasteiger partial charge on any atom is -0.467 e. The molecule has 2 rings (SSSR count). The molecule has 0 saturated carbocycles. The molecule has 14 nitrogen and oxygen atoms in total. The van der Waals surface area contributed by atoms with E-state index in [0.29, 0.717) is 24.8 Å². The average Bonchev–Trinajstić information content (AvgIpc) is 3.56. The summed E-state index contributed by atoms with van der Waals surface area (Å²) < 4.78 is 10.1. The van der Waals surface area contributed by atoms with Gasteiger partial charge in [0.15, 0.2) is 11.6 Å². The molecule has 49 heavy (non-hydrogen) atoms. The third kappa shape index (κ3) is 13.4. The van der Waals surface area contributed by atoms with Crippen LogP contribution in [0.1, 0.15) is 72.3 Å². The Labute approximate surface area is 287 Å². The normalized spacial score (nSPS) is 16.8. The van der Waals surface area contributed by atoms with E-state index < -0.39 is 77.5 Å². The summed E-state index contributed by atoms with van der Waals surface area (Å²) in [5, 5.41) is 17.2. The van der Waals surface area contributed by atoms with Gasteiger partial charge in [-0.2, -0.15) is 0 Å². The molecule has 1 fully saturated rings. The number of carbonyl (C=O) groups is 7. The largest absolute Gasteiger partial charge is 0.467 e. The molecule has 4 amide bonds. The lowest BCUT2D eigenvalue weighted by Gasteiger charge is -2.32. The van der Waals surface area contributed by atoms with Crippen molar-refractivity contribution in [3.63, 3.8) is 0 Å². The van der Waals surface area contributed by atoms with Crippen molar-refractivity contribution in [1.82, 2.24) is 20.9 Å². The highest BCUT2D eigenvalue weighted by atomic mass is 16.5. The van der Waals surface area contributed by atoms with Gasteiger partial charge in [0.25, 0.3) is 0 Å². The van der Waals surface area contributed by atoms with Crippen LogP contribution < -0.4 is 16.0 Å². The number of alkyl carbamates (subject to hydrolysis) is 1. The molecule has 270 valence electrons. The van der Waals surface area contributed by atoms with E-state index in [1.807, 2.05) is 13.8 Å². The average molecular weight is 687 g/mol.